The van der Waals surface area contributed by atoms with Crippen molar-refractivity contribution in [3.8, 4) is 0 Å². The third kappa shape index (κ3) is 4.58. The fourth-order valence-electron chi connectivity index (χ4n) is 1.42. The molecule has 0 aliphatic heterocycles. The number of nitrogens with two attached hydrogens (primary N) is 1. The highest BCUT2D eigenvalue weighted by Gasteiger charge is 2.13. The Morgan fingerprint density at radius 1 is 1.41 bits per heavy atom. The van der Waals surface area contributed by atoms with Crippen molar-refractivity contribution < 1.29 is 14.3 Å². The SMILES string of the molecule is CC.COC(Cn1cc(C)cc1C(N)=O)OC. The molecule has 1 amide bonds. The number of amides is 1. The van der Waals surface area contributed by atoms with E-state index >= 15 is 0 Å². The molecular formula is C12H22N2O3. The molecule has 0 saturated heterocycles. The number of ether oxygens (including phenoxy) is 2. The Hall–Kier alpha value is -1.33. The van der Waals surface area contributed by atoms with Gasteiger partial charge in [-0.1, -0.05) is 13.8 Å². The molecule has 1 aromatic heterocycles. The average Bonchev–Trinajstić information content (AvgIpc) is 2.70. The van der Waals surface area contributed by atoms with Gasteiger partial charge in [-0.2, -0.15) is 0 Å². The zero-order valence-corrected chi connectivity index (χ0v) is 11.2. The molecule has 0 aliphatic carbocycles. The first-order valence-electron chi connectivity index (χ1n) is 5.60. The molecule has 98 valence electrons. The fraction of sp³-hybridized carbons (Fsp3) is 0.583. The van der Waals surface area contributed by atoms with Crippen LogP contribution in [0.3, 0.4) is 0 Å². The normalized spacial score (nSPS) is 10.0. The van der Waals surface area contributed by atoms with Crippen LogP contribution in [0.5, 0.6) is 0 Å². The number of methoxy groups -OCH3 is 2. The van der Waals surface area contributed by atoms with Crippen molar-refractivity contribution >= 4 is 5.91 Å². The van der Waals surface area contributed by atoms with E-state index in [1.165, 1.54) is 0 Å². The van der Waals surface area contributed by atoms with Crippen molar-refractivity contribution in [1.29, 1.82) is 0 Å². The number of primary amides is 1. The van der Waals surface area contributed by atoms with Gasteiger partial charge < -0.3 is 19.8 Å². The van der Waals surface area contributed by atoms with Gasteiger partial charge in [-0.3, -0.25) is 4.79 Å². The van der Waals surface area contributed by atoms with E-state index in [4.69, 9.17) is 15.2 Å². The summed E-state index contributed by atoms with van der Waals surface area (Å²) in [6.07, 6.45) is 1.46. The number of carbonyl (C=O) groups is 1. The second-order valence-corrected chi connectivity index (χ2v) is 3.32. The number of carbonyl (C=O) groups excluding carboxylic acids is 1. The van der Waals surface area contributed by atoms with Crippen LogP contribution in [0.1, 0.15) is 29.9 Å². The first-order valence-corrected chi connectivity index (χ1v) is 5.60. The van der Waals surface area contributed by atoms with E-state index in [0.29, 0.717) is 12.2 Å². The summed E-state index contributed by atoms with van der Waals surface area (Å²) in [6.45, 7) is 6.34. The zero-order chi connectivity index (χ0) is 13.4. The largest absolute Gasteiger partial charge is 0.364 e. The van der Waals surface area contributed by atoms with Crippen molar-refractivity contribution in [2.75, 3.05) is 14.2 Å². The van der Waals surface area contributed by atoms with Crippen molar-refractivity contribution in [3.63, 3.8) is 0 Å². The summed E-state index contributed by atoms with van der Waals surface area (Å²) in [6, 6.07) is 1.74. The van der Waals surface area contributed by atoms with Crippen LogP contribution in [0.2, 0.25) is 0 Å². The Kier molecular flexibility index (Phi) is 7.25. The number of rotatable bonds is 5. The van der Waals surface area contributed by atoms with Gasteiger partial charge >= 0.3 is 0 Å². The highest BCUT2D eigenvalue weighted by Crippen LogP contribution is 2.09. The van der Waals surface area contributed by atoms with Crippen LogP contribution in [-0.4, -0.2) is 31.0 Å². The van der Waals surface area contributed by atoms with Crippen LogP contribution < -0.4 is 5.73 Å². The molecule has 2 N–H and O–H groups in total. The van der Waals surface area contributed by atoms with Crippen LogP contribution >= 0.6 is 0 Å². The van der Waals surface area contributed by atoms with Crippen molar-refractivity contribution in [2.45, 2.75) is 33.6 Å². The van der Waals surface area contributed by atoms with Gasteiger partial charge in [-0.15, -0.1) is 0 Å². The second kappa shape index (κ2) is 7.86. The number of nitrogens with zero attached hydrogens (tertiary/aromatic N) is 1. The predicted molar refractivity (Wildman–Crippen MR) is 66.8 cm³/mol. The topological polar surface area (TPSA) is 66.5 Å². The maximum Gasteiger partial charge on any atom is 0.265 e. The maximum atomic E-state index is 11.1. The fourth-order valence-corrected chi connectivity index (χ4v) is 1.42. The molecule has 0 fully saturated rings. The summed E-state index contributed by atoms with van der Waals surface area (Å²) in [5.41, 5.74) is 6.69. The van der Waals surface area contributed by atoms with E-state index in [2.05, 4.69) is 0 Å². The minimum absolute atomic E-state index is 0.380. The minimum Gasteiger partial charge on any atom is -0.364 e. The molecule has 0 bridgehead atoms. The van der Waals surface area contributed by atoms with E-state index in [9.17, 15) is 4.79 Å². The molecule has 17 heavy (non-hydrogen) atoms. The molecule has 0 spiro atoms. The summed E-state index contributed by atoms with van der Waals surface area (Å²) in [5, 5.41) is 0. The Bertz CT molecular complexity index is 344. The van der Waals surface area contributed by atoms with Gasteiger partial charge in [-0.05, 0) is 18.6 Å². The predicted octanol–water partition coefficient (Wildman–Crippen LogP) is 1.54. The molecule has 1 aromatic rings. The third-order valence-corrected chi connectivity index (χ3v) is 2.16. The Morgan fingerprint density at radius 3 is 2.35 bits per heavy atom. The van der Waals surface area contributed by atoms with Gasteiger partial charge in [0.05, 0.1) is 6.54 Å². The van der Waals surface area contributed by atoms with Gasteiger partial charge in [0.25, 0.3) is 5.91 Å². The summed E-state index contributed by atoms with van der Waals surface area (Å²) in [5.74, 6) is -0.450. The lowest BCUT2D eigenvalue weighted by molar-refractivity contribution is -0.111. The quantitative estimate of drug-likeness (QED) is 0.796. The molecular weight excluding hydrogens is 220 g/mol. The van der Waals surface area contributed by atoms with Crippen LogP contribution in [0.15, 0.2) is 12.3 Å². The molecule has 0 atom stereocenters. The smallest absolute Gasteiger partial charge is 0.265 e. The van der Waals surface area contributed by atoms with E-state index in [-0.39, 0.29) is 6.29 Å². The van der Waals surface area contributed by atoms with E-state index in [1.807, 2.05) is 27.0 Å². The first-order chi connectivity index (χ1) is 8.08. The van der Waals surface area contributed by atoms with Gasteiger partial charge in [0.2, 0.25) is 0 Å². The molecule has 1 rings (SSSR count). The Balaban J connectivity index is 0.00000121. The molecule has 5 heteroatoms. The second-order valence-electron chi connectivity index (χ2n) is 3.32. The summed E-state index contributed by atoms with van der Waals surface area (Å²) in [4.78, 5) is 11.1. The summed E-state index contributed by atoms with van der Waals surface area (Å²) < 4.78 is 11.8. The molecule has 5 nitrogen and oxygen atoms in total. The van der Waals surface area contributed by atoms with Crippen molar-refractivity contribution in [1.82, 2.24) is 4.57 Å². The van der Waals surface area contributed by atoms with Gasteiger partial charge in [0, 0.05) is 20.4 Å². The molecule has 0 saturated carbocycles. The number of hydrogen-bond acceptors (Lipinski definition) is 3. The maximum absolute atomic E-state index is 11.1. The molecule has 0 aliphatic rings. The van der Waals surface area contributed by atoms with Crippen molar-refractivity contribution in [2.24, 2.45) is 5.73 Å². The highest BCUT2D eigenvalue weighted by molar-refractivity contribution is 5.91. The average molecular weight is 242 g/mol. The minimum atomic E-state index is -0.450. The number of aryl methyl sites for hydroxylation is 1. The van der Waals surface area contributed by atoms with Crippen LogP contribution in [0, 0.1) is 6.92 Å². The molecule has 1 heterocycles. The van der Waals surface area contributed by atoms with Crippen LogP contribution in [-0.2, 0) is 16.0 Å². The number of aromatic nitrogens is 1. The van der Waals surface area contributed by atoms with E-state index in [1.54, 1.807) is 24.9 Å². The number of hydrogen-bond donors (Lipinski definition) is 1. The van der Waals surface area contributed by atoms with E-state index < -0.39 is 5.91 Å². The summed E-state index contributed by atoms with van der Waals surface area (Å²) >= 11 is 0. The zero-order valence-electron chi connectivity index (χ0n) is 11.2. The lowest BCUT2D eigenvalue weighted by atomic mass is 10.3. The van der Waals surface area contributed by atoms with E-state index in [0.717, 1.165) is 5.56 Å². The van der Waals surface area contributed by atoms with Crippen LogP contribution in [0.25, 0.3) is 0 Å². The van der Waals surface area contributed by atoms with Crippen molar-refractivity contribution in [3.05, 3.63) is 23.5 Å². The lowest BCUT2D eigenvalue weighted by Crippen LogP contribution is -2.24. The molecule has 0 unspecified atom stereocenters. The monoisotopic (exact) mass is 242 g/mol. The lowest BCUT2D eigenvalue weighted by Gasteiger charge is -2.15. The summed E-state index contributed by atoms with van der Waals surface area (Å²) in [7, 11) is 3.10. The van der Waals surface area contributed by atoms with Crippen LogP contribution in [0.4, 0.5) is 0 Å². The first kappa shape index (κ1) is 15.7. The highest BCUT2D eigenvalue weighted by atomic mass is 16.7. The standard InChI is InChI=1S/C10H16N2O3.C2H6/c1-7-4-8(10(11)13)12(5-7)6-9(14-2)15-3;1-2/h4-5,9H,6H2,1-3H3,(H2,11,13);1-2H3. The third-order valence-electron chi connectivity index (χ3n) is 2.16. The Morgan fingerprint density at radius 2 is 1.94 bits per heavy atom. The van der Waals surface area contributed by atoms with Gasteiger partial charge in [0.1, 0.15) is 5.69 Å². The van der Waals surface area contributed by atoms with Gasteiger partial charge in [0.15, 0.2) is 6.29 Å². The van der Waals surface area contributed by atoms with Gasteiger partial charge in [-0.25, -0.2) is 0 Å². The molecule has 0 aromatic carbocycles. The Labute approximate surface area is 103 Å². The molecule has 0 radical (unpaired) electrons.